The third-order valence-corrected chi connectivity index (χ3v) is 2.71. The van der Waals surface area contributed by atoms with Crippen LogP contribution in [0.15, 0.2) is 47.2 Å². The van der Waals surface area contributed by atoms with Gasteiger partial charge < -0.3 is 14.3 Å². The zero-order valence-corrected chi connectivity index (χ0v) is 10.3. The number of rotatable bonds is 4. The summed E-state index contributed by atoms with van der Waals surface area (Å²) < 4.78 is 10.4. The molecule has 0 aliphatic carbocycles. The van der Waals surface area contributed by atoms with E-state index in [-0.39, 0.29) is 12.5 Å². The van der Waals surface area contributed by atoms with Gasteiger partial charge in [0.2, 0.25) is 0 Å². The molecule has 0 aliphatic heterocycles. The number of carboxylic acids is 1. The third-order valence-electron chi connectivity index (χ3n) is 2.71. The number of aromatic nitrogens is 2. The van der Waals surface area contributed by atoms with Crippen molar-refractivity contribution in [1.82, 2.24) is 9.97 Å². The molecule has 0 radical (unpaired) electrons. The number of carbonyl (C=O) groups is 1. The second-order valence-electron chi connectivity index (χ2n) is 4.07. The van der Waals surface area contributed by atoms with Crippen molar-refractivity contribution in [2.75, 3.05) is 0 Å². The monoisotopic (exact) mass is 270 g/mol. The summed E-state index contributed by atoms with van der Waals surface area (Å²) in [5, 5.41) is 9.69. The van der Waals surface area contributed by atoms with Gasteiger partial charge >= 0.3 is 11.9 Å². The van der Waals surface area contributed by atoms with Gasteiger partial charge in [-0.1, -0.05) is 18.2 Å². The van der Waals surface area contributed by atoms with Crippen molar-refractivity contribution >= 4 is 16.9 Å². The van der Waals surface area contributed by atoms with Gasteiger partial charge in [0.25, 0.3) is 0 Å². The van der Waals surface area contributed by atoms with Gasteiger partial charge in [0.05, 0.1) is 0 Å². The normalized spacial score (nSPS) is 10.6. The van der Waals surface area contributed by atoms with Crippen molar-refractivity contribution in [3.8, 4) is 5.75 Å². The SMILES string of the molecule is O=C(O)c1nc(COc2cccc3cccnc23)co1. The molecule has 1 N–H and O–H groups in total. The molecule has 0 fully saturated rings. The minimum atomic E-state index is -1.21. The second-order valence-corrected chi connectivity index (χ2v) is 4.07. The molecule has 0 amide bonds. The predicted octanol–water partition coefficient (Wildman–Crippen LogP) is 2.50. The van der Waals surface area contributed by atoms with E-state index in [2.05, 4.69) is 9.97 Å². The average molecular weight is 270 g/mol. The van der Waals surface area contributed by atoms with Gasteiger partial charge in [-0.3, -0.25) is 4.98 Å². The van der Waals surface area contributed by atoms with E-state index in [1.807, 2.05) is 24.3 Å². The average Bonchev–Trinajstić information content (AvgIpc) is 2.94. The molecule has 0 saturated carbocycles. The van der Waals surface area contributed by atoms with Crippen LogP contribution in [-0.2, 0) is 6.61 Å². The predicted molar refractivity (Wildman–Crippen MR) is 69.5 cm³/mol. The lowest BCUT2D eigenvalue weighted by atomic mass is 10.2. The van der Waals surface area contributed by atoms with E-state index in [9.17, 15) is 4.79 Å². The largest absolute Gasteiger partial charge is 0.485 e. The Labute approximate surface area is 113 Å². The number of carboxylic acid groups (broad SMARTS) is 1. The summed E-state index contributed by atoms with van der Waals surface area (Å²) in [5.74, 6) is -0.939. The molecular weight excluding hydrogens is 260 g/mol. The van der Waals surface area contributed by atoms with Gasteiger partial charge in [0, 0.05) is 11.6 Å². The van der Waals surface area contributed by atoms with Gasteiger partial charge in [-0.05, 0) is 12.1 Å². The zero-order chi connectivity index (χ0) is 13.9. The van der Waals surface area contributed by atoms with Crippen molar-refractivity contribution in [3.05, 3.63) is 54.4 Å². The number of aromatic carboxylic acids is 1. The second kappa shape index (κ2) is 5.00. The summed E-state index contributed by atoms with van der Waals surface area (Å²) in [5.41, 5.74) is 1.16. The number of ether oxygens (including phenoxy) is 1. The Hall–Kier alpha value is -2.89. The number of benzene rings is 1. The number of oxazole rings is 1. The van der Waals surface area contributed by atoms with Crippen LogP contribution in [0.5, 0.6) is 5.75 Å². The highest BCUT2D eigenvalue weighted by atomic mass is 16.5. The van der Waals surface area contributed by atoms with Crippen LogP contribution in [0.1, 0.15) is 16.4 Å². The Morgan fingerprint density at radius 1 is 1.30 bits per heavy atom. The molecule has 0 spiro atoms. The van der Waals surface area contributed by atoms with Gasteiger partial charge in [-0.25, -0.2) is 9.78 Å². The Balaban J connectivity index is 1.81. The van der Waals surface area contributed by atoms with Crippen molar-refractivity contribution < 1.29 is 19.1 Å². The maximum Gasteiger partial charge on any atom is 0.392 e. The van der Waals surface area contributed by atoms with Gasteiger partial charge in [0.15, 0.2) is 0 Å². The van der Waals surface area contributed by atoms with Crippen LogP contribution in [-0.4, -0.2) is 21.0 Å². The fourth-order valence-electron chi connectivity index (χ4n) is 1.82. The van der Waals surface area contributed by atoms with Crippen molar-refractivity contribution in [2.45, 2.75) is 6.61 Å². The number of nitrogens with zero attached hydrogens (tertiary/aromatic N) is 2. The molecule has 0 bridgehead atoms. The van der Waals surface area contributed by atoms with Gasteiger partial charge in [-0.15, -0.1) is 0 Å². The van der Waals surface area contributed by atoms with Crippen LogP contribution >= 0.6 is 0 Å². The summed E-state index contributed by atoms with van der Waals surface area (Å²) in [6, 6.07) is 9.39. The van der Waals surface area contributed by atoms with Crippen LogP contribution in [0.3, 0.4) is 0 Å². The molecule has 0 atom stereocenters. The zero-order valence-electron chi connectivity index (χ0n) is 10.3. The number of para-hydroxylation sites is 1. The minimum Gasteiger partial charge on any atom is -0.485 e. The van der Waals surface area contributed by atoms with Crippen LogP contribution < -0.4 is 4.74 Å². The van der Waals surface area contributed by atoms with E-state index < -0.39 is 5.97 Å². The molecule has 0 saturated heterocycles. The molecule has 6 nitrogen and oxygen atoms in total. The summed E-state index contributed by atoms with van der Waals surface area (Å²) in [4.78, 5) is 18.7. The van der Waals surface area contributed by atoms with Crippen molar-refractivity contribution in [1.29, 1.82) is 0 Å². The van der Waals surface area contributed by atoms with Gasteiger partial charge in [-0.2, -0.15) is 0 Å². The van der Waals surface area contributed by atoms with Crippen LogP contribution in [0.4, 0.5) is 0 Å². The highest BCUT2D eigenvalue weighted by Gasteiger charge is 2.12. The molecule has 100 valence electrons. The molecule has 1 aromatic carbocycles. The molecule has 3 aromatic rings. The minimum absolute atomic E-state index is 0.118. The molecule has 20 heavy (non-hydrogen) atoms. The first-order valence-corrected chi connectivity index (χ1v) is 5.88. The first kappa shape index (κ1) is 12.2. The summed E-state index contributed by atoms with van der Waals surface area (Å²) >= 11 is 0. The maximum atomic E-state index is 10.7. The Morgan fingerprint density at radius 2 is 2.15 bits per heavy atom. The van der Waals surface area contributed by atoms with E-state index in [1.165, 1.54) is 6.26 Å². The van der Waals surface area contributed by atoms with E-state index in [0.29, 0.717) is 11.4 Å². The van der Waals surface area contributed by atoms with Crippen molar-refractivity contribution in [3.63, 3.8) is 0 Å². The molecular formula is C14H10N2O4. The Kier molecular flexibility index (Phi) is 3.04. The van der Waals surface area contributed by atoms with Crippen molar-refractivity contribution in [2.24, 2.45) is 0 Å². The first-order valence-electron chi connectivity index (χ1n) is 5.88. The molecule has 2 heterocycles. The summed E-state index contributed by atoms with van der Waals surface area (Å²) in [6.07, 6.45) is 2.95. The lowest BCUT2D eigenvalue weighted by Crippen LogP contribution is -2.00. The Bertz CT molecular complexity index is 761. The number of hydrogen-bond donors (Lipinski definition) is 1. The molecule has 0 aliphatic rings. The van der Waals surface area contributed by atoms with E-state index in [0.717, 1.165) is 10.9 Å². The lowest BCUT2D eigenvalue weighted by molar-refractivity contribution is 0.0653. The highest BCUT2D eigenvalue weighted by molar-refractivity contribution is 5.84. The summed E-state index contributed by atoms with van der Waals surface area (Å²) in [6.45, 7) is 0.118. The Morgan fingerprint density at radius 3 is 2.95 bits per heavy atom. The standard InChI is InChI=1S/C14H10N2O4/c17-14(18)13-16-10(8-20-13)7-19-11-5-1-3-9-4-2-6-15-12(9)11/h1-6,8H,7H2,(H,17,18). The lowest BCUT2D eigenvalue weighted by Gasteiger charge is -2.06. The smallest absolute Gasteiger partial charge is 0.392 e. The number of fused-ring (bicyclic) bond motifs is 1. The van der Waals surface area contributed by atoms with E-state index >= 15 is 0 Å². The van der Waals surface area contributed by atoms with Crippen LogP contribution in [0.25, 0.3) is 10.9 Å². The summed E-state index contributed by atoms with van der Waals surface area (Å²) in [7, 11) is 0. The molecule has 0 unspecified atom stereocenters. The number of hydrogen-bond acceptors (Lipinski definition) is 5. The maximum absolute atomic E-state index is 10.7. The fourth-order valence-corrected chi connectivity index (χ4v) is 1.82. The van der Waals surface area contributed by atoms with Crippen LogP contribution in [0, 0.1) is 0 Å². The van der Waals surface area contributed by atoms with E-state index in [1.54, 1.807) is 12.3 Å². The third kappa shape index (κ3) is 2.31. The molecule has 2 aromatic heterocycles. The fraction of sp³-hybridized carbons (Fsp3) is 0.0714. The molecule has 6 heteroatoms. The number of pyridine rings is 1. The molecule has 3 rings (SSSR count). The quantitative estimate of drug-likeness (QED) is 0.783. The van der Waals surface area contributed by atoms with Gasteiger partial charge in [0.1, 0.15) is 29.8 Å². The van der Waals surface area contributed by atoms with Crippen LogP contribution in [0.2, 0.25) is 0 Å². The topological polar surface area (TPSA) is 85.5 Å². The first-order chi connectivity index (χ1) is 9.74. The highest BCUT2D eigenvalue weighted by Crippen LogP contribution is 2.23. The van der Waals surface area contributed by atoms with E-state index in [4.69, 9.17) is 14.3 Å².